The number of nitrogens with one attached hydrogen (secondary N) is 1. The molecule has 1 aliphatic heterocycles. The van der Waals surface area contributed by atoms with E-state index in [0.717, 1.165) is 18.4 Å². The molecular weight excluding hydrogens is 237 g/mol. The molecule has 1 fully saturated rings. The molecular formula is C6H12N2OSY-2. The number of hydrogen-bond donors (Lipinski definition) is 1. The third-order valence-corrected chi connectivity index (χ3v) is 1.33. The molecule has 1 saturated heterocycles. The van der Waals surface area contributed by atoms with Crippen molar-refractivity contribution in [1.82, 2.24) is 5.32 Å². The second-order valence-electron chi connectivity index (χ2n) is 1.80. The zero-order valence-corrected chi connectivity index (χ0v) is 10.5. The summed E-state index contributed by atoms with van der Waals surface area (Å²) in [7, 11) is 0. The first-order valence-corrected chi connectivity index (χ1v) is 3.95. The van der Waals surface area contributed by atoms with E-state index in [0.29, 0.717) is 0 Å². The molecule has 3 nitrogen and oxygen atoms in total. The summed E-state index contributed by atoms with van der Waals surface area (Å²) in [5, 5.41) is 2.53. The third-order valence-electron chi connectivity index (χ3n) is 0.620. The van der Waals surface area contributed by atoms with E-state index < -0.39 is 0 Å². The summed E-state index contributed by atoms with van der Waals surface area (Å²) in [6, 6.07) is 0. The van der Waals surface area contributed by atoms with E-state index in [9.17, 15) is 4.79 Å². The van der Waals surface area contributed by atoms with Crippen LogP contribution in [-0.2, 0) is 32.7 Å². The van der Waals surface area contributed by atoms with Gasteiger partial charge in [-0.1, -0.05) is 20.0 Å². The number of rotatable bonds is 0. The van der Waals surface area contributed by atoms with Crippen LogP contribution < -0.4 is 5.32 Å². The molecule has 0 spiro atoms. The molecule has 5 heteroatoms. The van der Waals surface area contributed by atoms with Crippen LogP contribution in [0.15, 0.2) is 0 Å². The molecule has 1 heterocycles. The van der Waals surface area contributed by atoms with Crippen LogP contribution in [0.25, 0.3) is 4.72 Å². The normalized spacial score (nSPS) is 21.0. The minimum Gasteiger partial charge on any atom is -0.578 e. The number of amides is 1. The van der Waals surface area contributed by atoms with Gasteiger partial charge in [-0.25, -0.2) is 0 Å². The van der Waals surface area contributed by atoms with Gasteiger partial charge in [0.05, 0.1) is 0 Å². The first-order valence-electron chi connectivity index (χ1n) is 3.17. The molecule has 0 bridgehead atoms. The summed E-state index contributed by atoms with van der Waals surface area (Å²) in [5.74, 6) is 0. The fourth-order valence-electron chi connectivity index (χ4n) is 0.350. The van der Waals surface area contributed by atoms with Gasteiger partial charge in [0.1, 0.15) is 0 Å². The Hall–Kier alpha value is 0.884. The van der Waals surface area contributed by atoms with E-state index in [2.05, 4.69) is 17.0 Å². The molecule has 1 unspecified atom stereocenters. The maximum absolute atomic E-state index is 10.2. The van der Waals surface area contributed by atoms with Crippen molar-refractivity contribution in [3.8, 4) is 0 Å². The standard InChI is InChI=1S/C3H5N2OS.C3H7.Y/c1-2-4-3(6)7-5-2;1-3-2;/h2H,1H3,(H,4,6);1,3H2,2H3;/q2*-1;. The van der Waals surface area contributed by atoms with Crippen LogP contribution in [0.2, 0.25) is 0 Å². The Labute approximate surface area is 97.5 Å². The predicted molar refractivity (Wildman–Crippen MR) is 44.6 cm³/mol. The molecule has 0 aromatic carbocycles. The van der Waals surface area contributed by atoms with Crippen molar-refractivity contribution in [2.24, 2.45) is 0 Å². The van der Waals surface area contributed by atoms with E-state index in [1.165, 1.54) is 0 Å². The summed E-state index contributed by atoms with van der Waals surface area (Å²) in [5.41, 5.74) is 0. The van der Waals surface area contributed by atoms with Crippen molar-refractivity contribution in [2.75, 3.05) is 0 Å². The van der Waals surface area contributed by atoms with Gasteiger partial charge in [0.15, 0.2) is 0 Å². The van der Waals surface area contributed by atoms with Gasteiger partial charge in [-0.05, 0) is 0 Å². The van der Waals surface area contributed by atoms with Gasteiger partial charge in [0.2, 0.25) is 0 Å². The summed E-state index contributed by atoms with van der Waals surface area (Å²) in [6.07, 6.45) is 1.01. The smallest absolute Gasteiger partial charge is 0.257 e. The predicted octanol–water partition coefficient (Wildman–Crippen LogP) is 2.31. The van der Waals surface area contributed by atoms with Crippen molar-refractivity contribution in [2.45, 2.75) is 26.4 Å². The minimum absolute atomic E-state index is 0. The number of carbonyl (C=O) groups excluding carboxylic acids is 1. The SMILES string of the molecule is CC1[N-]SC(=O)N1.[CH2-]CC.[Y]. The van der Waals surface area contributed by atoms with Crippen LogP contribution in [-0.4, -0.2) is 11.4 Å². The van der Waals surface area contributed by atoms with Crippen molar-refractivity contribution in [1.29, 1.82) is 0 Å². The van der Waals surface area contributed by atoms with Crippen molar-refractivity contribution in [3.63, 3.8) is 0 Å². The van der Waals surface area contributed by atoms with Crippen molar-refractivity contribution in [3.05, 3.63) is 11.6 Å². The first kappa shape index (κ1) is 14.4. The van der Waals surface area contributed by atoms with Crippen molar-refractivity contribution < 1.29 is 37.5 Å². The van der Waals surface area contributed by atoms with Gasteiger partial charge in [-0.2, -0.15) is 18.4 Å². The molecule has 1 amide bonds. The maximum atomic E-state index is 10.2. The van der Waals surface area contributed by atoms with E-state index in [-0.39, 0.29) is 44.1 Å². The van der Waals surface area contributed by atoms with Crippen molar-refractivity contribution >= 4 is 17.2 Å². The zero-order chi connectivity index (χ0) is 7.98. The molecule has 0 aliphatic carbocycles. The zero-order valence-electron chi connectivity index (χ0n) is 6.83. The molecule has 1 radical (unpaired) electrons. The number of hydrogen-bond acceptors (Lipinski definition) is 2. The monoisotopic (exact) mass is 249 g/mol. The second-order valence-corrected chi connectivity index (χ2v) is 2.57. The largest absolute Gasteiger partial charge is 0.578 e. The fraction of sp³-hybridized carbons (Fsp3) is 0.667. The number of carbonyl (C=O) groups is 1. The van der Waals surface area contributed by atoms with E-state index in [1.807, 2.05) is 13.8 Å². The Morgan fingerprint density at radius 1 is 1.82 bits per heavy atom. The molecule has 0 aromatic heterocycles. The number of nitrogens with zero attached hydrogens (tertiary/aromatic N) is 1. The van der Waals surface area contributed by atoms with Gasteiger partial charge >= 0.3 is 0 Å². The van der Waals surface area contributed by atoms with Crippen LogP contribution in [0.1, 0.15) is 20.3 Å². The van der Waals surface area contributed by atoms with Gasteiger partial charge in [0.25, 0.3) is 5.24 Å². The summed E-state index contributed by atoms with van der Waals surface area (Å²) in [6.45, 7) is 7.33. The second kappa shape index (κ2) is 8.98. The van der Waals surface area contributed by atoms with E-state index in [4.69, 9.17) is 0 Å². The summed E-state index contributed by atoms with van der Waals surface area (Å²) in [4.78, 5) is 10.2. The molecule has 1 N–H and O–H groups in total. The molecule has 11 heavy (non-hydrogen) atoms. The van der Waals surface area contributed by atoms with Crippen LogP contribution >= 0.6 is 11.9 Å². The van der Waals surface area contributed by atoms with Crippen LogP contribution in [0.4, 0.5) is 4.79 Å². The molecule has 1 aliphatic rings. The Bertz CT molecular complexity index is 113. The van der Waals surface area contributed by atoms with Gasteiger partial charge < -0.3 is 17.0 Å². The molecule has 0 aromatic rings. The van der Waals surface area contributed by atoms with Crippen LogP contribution in [0, 0.1) is 6.92 Å². The van der Waals surface area contributed by atoms with Gasteiger partial charge in [-0.15, -0.1) is 0 Å². The van der Waals surface area contributed by atoms with Gasteiger partial charge in [-0.3, -0.25) is 4.79 Å². The maximum Gasteiger partial charge on any atom is 0.257 e. The van der Waals surface area contributed by atoms with Gasteiger partial charge in [0, 0.05) is 32.7 Å². The van der Waals surface area contributed by atoms with E-state index >= 15 is 0 Å². The summed E-state index contributed by atoms with van der Waals surface area (Å²) >= 11 is 0.980. The Morgan fingerprint density at radius 2 is 2.27 bits per heavy atom. The van der Waals surface area contributed by atoms with E-state index in [1.54, 1.807) is 0 Å². The summed E-state index contributed by atoms with van der Waals surface area (Å²) < 4.78 is 3.77. The Balaban J connectivity index is 0. The average molecular weight is 249 g/mol. The van der Waals surface area contributed by atoms with Crippen LogP contribution in [0.3, 0.4) is 0 Å². The molecule has 63 valence electrons. The Morgan fingerprint density at radius 3 is 2.36 bits per heavy atom. The fourth-order valence-corrected chi connectivity index (χ4v) is 0.880. The third kappa shape index (κ3) is 8.79. The first-order chi connectivity index (χ1) is 4.70. The minimum atomic E-state index is -0.0486. The van der Waals surface area contributed by atoms with Crippen LogP contribution in [0.5, 0.6) is 0 Å². The average Bonchev–Trinajstić information content (AvgIpc) is 2.17. The molecule has 0 saturated carbocycles. The molecule has 1 atom stereocenters. The topological polar surface area (TPSA) is 43.2 Å². The quantitative estimate of drug-likeness (QED) is 0.528. The Kier molecular flexibility index (Phi) is 11.8. The molecule has 1 rings (SSSR count).